The fraction of sp³-hybridized carbons (Fsp3) is 0.409. The molecule has 2 heterocycles. The minimum absolute atomic E-state index is 0.0768. The first-order valence-electron chi connectivity index (χ1n) is 9.75. The van der Waals surface area contributed by atoms with Crippen LogP contribution in [0.15, 0.2) is 42.5 Å². The molecule has 0 saturated carbocycles. The van der Waals surface area contributed by atoms with Gasteiger partial charge in [0, 0.05) is 37.2 Å². The Morgan fingerprint density at radius 3 is 2.66 bits per heavy atom. The van der Waals surface area contributed by atoms with E-state index in [1.165, 1.54) is 7.11 Å². The molecule has 2 atom stereocenters. The summed E-state index contributed by atoms with van der Waals surface area (Å²) in [4.78, 5) is 17.2. The van der Waals surface area contributed by atoms with Crippen LogP contribution >= 0.6 is 23.2 Å². The molecule has 0 spiro atoms. The van der Waals surface area contributed by atoms with Crippen molar-refractivity contribution in [2.45, 2.75) is 24.5 Å². The van der Waals surface area contributed by atoms with Gasteiger partial charge >= 0.3 is 0 Å². The molecule has 2 aromatic carbocycles. The molecule has 7 heteroatoms. The Balaban J connectivity index is 1.46. The predicted molar refractivity (Wildman–Crippen MR) is 114 cm³/mol. The molecule has 0 bridgehead atoms. The Hall–Kier alpha value is -1.79. The number of piperazine rings is 1. The maximum absolute atomic E-state index is 13.0. The van der Waals surface area contributed by atoms with Crippen LogP contribution in [0.2, 0.25) is 10.0 Å². The van der Waals surface area contributed by atoms with Crippen LogP contribution in [-0.2, 0) is 5.60 Å². The molecule has 0 aliphatic carbocycles. The molecular weight excluding hydrogens is 411 g/mol. The molecule has 2 aliphatic heterocycles. The van der Waals surface area contributed by atoms with Crippen LogP contribution in [0.3, 0.4) is 0 Å². The molecular formula is C22H24Cl2N2O3. The van der Waals surface area contributed by atoms with E-state index < -0.39 is 5.60 Å². The smallest absolute Gasteiger partial charge is 0.255 e. The fourth-order valence-corrected chi connectivity index (χ4v) is 4.79. The molecule has 2 aliphatic rings. The van der Waals surface area contributed by atoms with E-state index >= 15 is 0 Å². The number of amides is 1. The van der Waals surface area contributed by atoms with E-state index in [-0.39, 0.29) is 11.9 Å². The highest BCUT2D eigenvalue weighted by Gasteiger charge is 2.42. The number of carbonyl (C=O) groups excluding carboxylic acids is 1. The lowest BCUT2D eigenvalue weighted by atomic mass is 9.82. The summed E-state index contributed by atoms with van der Waals surface area (Å²) in [5.41, 5.74) is 0.471. The summed E-state index contributed by atoms with van der Waals surface area (Å²) in [7, 11) is 1.54. The van der Waals surface area contributed by atoms with Crippen molar-refractivity contribution in [1.82, 2.24) is 9.80 Å². The number of fused-ring (bicyclic) bond motifs is 1. The molecule has 2 fully saturated rings. The molecule has 5 nitrogen and oxygen atoms in total. The molecule has 0 radical (unpaired) electrons. The standard InChI is InChI=1S/C22H24Cl2N2O3/c1-29-19-4-2-3-18(20(19)24)21(27)25-11-12-26-14-22(28,10-9-17(26)13-25)15-5-7-16(23)8-6-15/h2-8,17,28H,9-14H2,1H3/t17-,22+/m1/s1. The van der Waals surface area contributed by atoms with Crippen molar-refractivity contribution < 1.29 is 14.6 Å². The lowest BCUT2D eigenvalue weighted by Gasteiger charge is -2.49. The zero-order chi connectivity index (χ0) is 20.6. The number of nitrogens with zero attached hydrogens (tertiary/aromatic N) is 2. The largest absolute Gasteiger partial charge is 0.495 e. The molecule has 4 rings (SSSR count). The van der Waals surface area contributed by atoms with Crippen molar-refractivity contribution in [3.05, 3.63) is 63.6 Å². The van der Waals surface area contributed by atoms with Gasteiger partial charge in [-0.05, 0) is 42.7 Å². The Morgan fingerprint density at radius 2 is 1.93 bits per heavy atom. The normalized spacial score (nSPS) is 24.8. The van der Waals surface area contributed by atoms with Crippen molar-refractivity contribution in [2.24, 2.45) is 0 Å². The number of piperidine rings is 1. The highest BCUT2D eigenvalue weighted by molar-refractivity contribution is 6.35. The van der Waals surface area contributed by atoms with Crippen LogP contribution in [0.25, 0.3) is 0 Å². The van der Waals surface area contributed by atoms with E-state index in [9.17, 15) is 9.90 Å². The van der Waals surface area contributed by atoms with E-state index in [0.29, 0.717) is 54.0 Å². The topological polar surface area (TPSA) is 53.0 Å². The number of ether oxygens (including phenoxy) is 1. The summed E-state index contributed by atoms with van der Waals surface area (Å²) in [5, 5.41) is 12.2. The van der Waals surface area contributed by atoms with E-state index in [2.05, 4.69) is 4.90 Å². The number of rotatable bonds is 3. The average Bonchev–Trinajstić information content (AvgIpc) is 2.73. The highest BCUT2D eigenvalue weighted by atomic mass is 35.5. The first kappa shape index (κ1) is 20.5. The first-order valence-corrected chi connectivity index (χ1v) is 10.5. The van der Waals surface area contributed by atoms with Crippen molar-refractivity contribution in [1.29, 1.82) is 0 Å². The van der Waals surface area contributed by atoms with Crippen LogP contribution in [0.1, 0.15) is 28.8 Å². The highest BCUT2D eigenvalue weighted by Crippen LogP contribution is 2.36. The monoisotopic (exact) mass is 434 g/mol. The van der Waals surface area contributed by atoms with E-state index in [1.54, 1.807) is 18.2 Å². The Bertz CT molecular complexity index is 905. The molecule has 2 aromatic rings. The average molecular weight is 435 g/mol. The molecule has 1 amide bonds. The van der Waals surface area contributed by atoms with Crippen LogP contribution in [0.5, 0.6) is 5.75 Å². The van der Waals surface area contributed by atoms with Gasteiger partial charge in [-0.3, -0.25) is 9.69 Å². The summed E-state index contributed by atoms with van der Waals surface area (Å²) in [6.07, 6.45) is 1.46. The first-order chi connectivity index (χ1) is 13.9. The third kappa shape index (κ3) is 3.97. The number of hydrogen-bond acceptors (Lipinski definition) is 4. The lowest BCUT2D eigenvalue weighted by Crippen LogP contribution is -2.60. The molecule has 2 saturated heterocycles. The Morgan fingerprint density at radius 1 is 1.17 bits per heavy atom. The second-order valence-electron chi connectivity index (χ2n) is 7.77. The van der Waals surface area contributed by atoms with Crippen LogP contribution in [0, 0.1) is 0 Å². The van der Waals surface area contributed by atoms with E-state index in [1.807, 2.05) is 29.2 Å². The number of aliphatic hydroxyl groups is 1. The summed E-state index contributed by atoms with van der Waals surface area (Å²) < 4.78 is 5.23. The number of methoxy groups -OCH3 is 1. The van der Waals surface area contributed by atoms with Gasteiger partial charge < -0.3 is 14.7 Å². The quantitative estimate of drug-likeness (QED) is 0.797. The third-order valence-electron chi connectivity index (χ3n) is 6.04. The molecule has 0 aromatic heterocycles. The number of benzene rings is 2. The summed E-state index contributed by atoms with van der Waals surface area (Å²) in [6.45, 7) is 2.50. The molecule has 0 unspecified atom stereocenters. The fourth-order valence-electron chi connectivity index (χ4n) is 4.38. The van der Waals surface area contributed by atoms with Crippen molar-refractivity contribution in [2.75, 3.05) is 33.3 Å². The predicted octanol–water partition coefficient (Wildman–Crippen LogP) is 3.81. The summed E-state index contributed by atoms with van der Waals surface area (Å²) in [6, 6.07) is 12.9. The molecule has 1 N–H and O–H groups in total. The van der Waals surface area contributed by atoms with Gasteiger partial charge in [0.2, 0.25) is 0 Å². The Kier molecular flexibility index (Phi) is 5.76. The summed E-state index contributed by atoms with van der Waals surface area (Å²) >= 11 is 12.3. The molecule has 29 heavy (non-hydrogen) atoms. The zero-order valence-electron chi connectivity index (χ0n) is 16.3. The Labute approximate surface area is 180 Å². The number of carbonyl (C=O) groups is 1. The van der Waals surface area contributed by atoms with Gasteiger partial charge in [-0.25, -0.2) is 0 Å². The van der Waals surface area contributed by atoms with Gasteiger partial charge in [0.25, 0.3) is 5.91 Å². The van der Waals surface area contributed by atoms with Gasteiger partial charge in [-0.1, -0.05) is 41.4 Å². The van der Waals surface area contributed by atoms with Crippen LogP contribution in [0.4, 0.5) is 0 Å². The van der Waals surface area contributed by atoms with Crippen molar-refractivity contribution in [3.63, 3.8) is 0 Å². The van der Waals surface area contributed by atoms with Gasteiger partial charge in [0.15, 0.2) is 0 Å². The van der Waals surface area contributed by atoms with Crippen LogP contribution < -0.4 is 4.74 Å². The van der Waals surface area contributed by atoms with Gasteiger partial charge in [0.05, 0.1) is 17.7 Å². The van der Waals surface area contributed by atoms with Crippen molar-refractivity contribution >= 4 is 29.1 Å². The minimum Gasteiger partial charge on any atom is -0.495 e. The summed E-state index contributed by atoms with van der Waals surface area (Å²) in [5.74, 6) is 0.425. The van der Waals surface area contributed by atoms with Gasteiger partial charge in [-0.15, -0.1) is 0 Å². The van der Waals surface area contributed by atoms with Gasteiger partial charge in [0.1, 0.15) is 11.4 Å². The van der Waals surface area contributed by atoms with Crippen LogP contribution in [-0.4, -0.2) is 60.1 Å². The van der Waals surface area contributed by atoms with E-state index in [0.717, 1.165) is 12.0 Å². The zero-order valence-corrected chi connectivity index (χ0v) is 17.8. The third-order valence-corrected chi connectivity index (χ3v) is 6.68. The maximum Gasteiger partial charge on any atom is 0.255 e. The minimum atomic E-state index is -0.886. The second kappa shape index (κ2) is 8.15. The van der Waals surface area contributed by atoms with Gasteiger partial charge in [-0.2, -0.15) is 0 Å². The maximum atomic E-state index is 13.0. The second-order valence-corrected chi connectivity index (χ2v) is 8.59. The lowest BCUT2D eigenvalue weighted by molar-refractivity contribution is -0.0740. The van der Waals surface area contributed by atoms with Crippen molar-refractivity contribution in [3.8, 4) is 5.75 Å². The number of halogens is 2. The van der Waals surface area contributed by atoms with E-state index in [4.69, 9.17) is 27.9 Å². The molecule has 154 valence electrons. The SMILES string of the molecule is COc1cccc(C(=O)N2CCN3C[C@](O)(c4ccc(Cl)cc4)CC[C@@H]3C2)c1Cl. The number of hydrogen-bond donors (Lipinski definition) is 1.